The topological polar surface area (TPSA) is 61.8 Å². The van der Waals surface area contributed by atoms with E-state index >= 15 is 0 Å². The molecule has 4 rings (SSSR count). The number of carbonyl (C=O) groups is 2. The number of hydrogen-bond acceptors (Lipinski definition) is 5. The predicted octanol–water partition coefficient (Wildman–Crippen LogP) is 2.67. The van der Waals surface area contributed by atoms with Gasteiger partial charge in [0.2, 0.25) is 0 Å². The first-order valence-electron chi connectivity index (χ1n) is 7.50. The van der Waals surface area contributed by atoms with Crippen molar-refractivity contribution in [1.82, 2.24) is 0 Å². The molecule has 0 aromatic heterocycles. The van der Waals surface area contributed by atoms with Gasteiger partial charge in [-0.2, -0.15) is 0 Å². The van der Waals surface area contributed by atoms with E-state index in [4.69, 9.17) is 14.2 Å². The van der Waals surface area contributed by atoms with Gasteiger partial charge in [-0.1, -0.05) is 0 Å². The van der Waals surface area contributed by atoms with Crippen LogP contribution in [0.4, 0.5) is 4.79 Å². The van der Waals surface area contributed by atoms with Crippen molar-refractivity contribution in [3.63, 3.8) is 0 Å². The summed E-state index contributed by atoms with van der Waals surface area (Å²) in [6.45, 7) is 3.09. The minimum Gasteiger partial charge on any atom is -0.467 e. The number of rotatable bonds is 5. The van der Waals surface area contributed by atoms with E-state index < -0.39 is 6.16 Å². The molecule has 4 aliphatic carbocycles. The van der Waals surface area contributed by atoms with Gasteiger partial charge < -0.3 is 14.2 Å². The predicted molar refractivity (Wildman–Crippen MR) is 70.0 cm³/mol. The van der Waals surface area contributed by atoms with E-state index in [1.165, 1.54) is 6.42 Å². The molecule has 4 fully saturated rings. The van der Waals surface area contributed by atoms with E-state index in [1.807, 2.05) is 0 Å². The van der Waals surface area contributed by atoms with E-state index in [1.54, 1.807) is 6.92 Å². The van der Waals surface area contributed by atoms with E-state index in [9.17, 15) is 9.59 Å². The summed E-state index contributed by atoms with van der Waals surface area (Å²) >= 11 is 0. The highest BCUT2D eigenvalue weighted by Crippen LogP contribution is 2.62. The van der Waals surface area contributed by atoms with Crippen molar-refractivity contribution in [3.05, 3.63) is 0 Å². The molecule has 20 heavy (non-hydrogen) atoms. The van der Waals surface area contributed by atoms with Gasteiger partial charge in [0.05, 0.1) is 13.2 Å². The van der Waals surface area contributed by atoms with Crippen molar-refractivity contribution >= 4 is 12.6 Å². The van der Waals surface area contributed by atoms with Crippen molar-refractivity contribution in [2.45, 2.75) is 51.0 Å². The van der Waals surface area contributed by atoms with Gasteiger partial charge in [0.15, 0.2) is 0 Å². The summed E-state index contributed by atoms with van der Waals surface area (Å²) in [5.74, 6) is 1.17. The molecule has 0 N–H and O–H groups in total. The molecule has 5 nitrogen and oxygen atoms in total. The molecule has 0 amide bonds. The highest BCUT2D eigenvalue weighted by atomic mass is 16.7. The Balaban J connectivity index is 1.76. The lowest BCUT2D eigenvalue weighted by Crippen LogP contribution is -2.58. The van der Waals surface area contributed by atoms with Crippen LogP contribution in [-0.4, -0.2) is 31.4 Å². The Hall–Kier alpha value is -1.26. The quantitative estimate of drug-likeness (QED) is 0.573. The van der Waals surface area contributed by atoms with Crippen LogP contribution in [0.3, 0.4) is 0 Å². The van der Waals surface area contributed by atoms with Crippen LogP contribution in [0.2, 0.25) is 0 Å². The van der Waals surface area contributed by atoms with Crippen molar-refractivity contribution in [3.8, 4) is 0 Å². The number of hydrogen-bond donors (Lipinski definition) is 0. The summed E-state index contributed by atoms with van der Waals surface area (Å²) in [7, 11) is 0. The number of ether oxygens (including phenoxy) is 3. The molecule has 0 radical (unpaired) electrons. The molecule has 0 heterocycles. The highest BCUT2D eigenvalue weighted by Gasteiger charge is 2.60. The minimum atomic E-state index is -0.555. The average Bonchev–Trinajstić information content (AvgIpc) is 2.34. The molecule has 0 aromatic rings. The second-order valence-corrected chi connectivity index (χ2v) is 6.84. The summed E-state index contributed by atoms with van der Waals surface area (Å²) in [6.07, 6.45) is 5.52. The Kier molecular flexibility index (Phi) is 3.38. The Morgan fingerprint density at radius 1 is 1.25 bits per heavy atom. The molecular formula is C15H22O5. The molecule has 4 bridgehead atoms. The summed E-state index contributed by atoms with van der Waals surface area (Å²) in [5, 5.41) is 0. The third-order valence-corrected chi connectivity index (χ3v) is 5.15. The van der Waals surface area contributed by atoms with Crippen LogP contribution in [0.25, 0.3) is 0 Å². The molecule has 2 unspecified atom stereocenters. The monoisotopic (exact) mass is 282 g/mol. The fraction of sp³-hybridized carbons (Fsp3) is 0.867. The van der Waals surface area contributed by atoms with E-state index in [2.05, 4.69) is 0 Å². The number of carbonyl (C=O) groups excluding carboxylic acids is 2. The second kappa shape index (κ2) is 4.93. The van der Waals surface area contributed by atoms with Crippen LogP contribution in [0.15, 0.2) is 0 Å². The lowest BCUT2D eigenvalue weighted by molar-refractivity contribution is -0.189. The van der Waals surface area contributed by atoms with Crippen molar-refractivity contribution < 1.29 is 23.8 Å². The van der Waals surface area contributed by atoms with Gasteiger partial charge in [0.25, 0.3) is 6.47 Å². The van der Waals surface area contributed by atoms with E-state index in [-0.39, 0.29) is 11.0 Å². The molecule has 4 saturated carbocycles. The zero-order chi connectivity index (χ0) is 14.2. The highest BCUT2D eigenvalue weighted by molar-refractivity contribution is 5.60. The fourth-order valence-electron chi connectivity index (χ4n) is 5.19. The summed E-state index contributed by atoms with van der Waals surface area (Å²) in [4.78, 5) is 22.2. The SMILES string of the molecule is CCOC(=O)OC12CC3CC(CC(COC=O)(C3)C1)C2. The van der Waals surface area contributed by atoms with Crippen LogP contribution in [-0.2, 0) is 19.0 Å². The molecule has 0 spiro atoms. The van der Waals surface area contributed by atoms with Gasteiger partial charge >= 0.3 is 6.16 Å². The Bertz CT molecular complexity index is 391. The van der Waals surface area contributed by atoms with Crippen LogP contribution in [0.1, 0.15) is 45.4 Å². The van der Waals surface area contributed by atoms with Gasteiger partial charge in [0, 0.05) is 5.41 Å². The first kappa shape index (κ1) is 13.7. The molecule has 2 atom stereocenters. The normalized spacial score (nSPS) is 41.2. The van der Waals surface area contributed by atoms with Gasteiger partial charge in [-0.3, -0.25) is 4.79 Å². The lowest BCUT2D eigenvalue weighted by Gasteiger charge is -2.60. The zero-order valence-corrected chi connectivity index (χ0v) is 11.9. The average molecular weight is 282 g/mol. The molecule has 5 heteroatoms. The Morgan fingerprint density at radius 2 is 1.95 bits per heavy atom. The molecular weight excluding hydrogens is 260 g/mol. The van der Waals surface area contributed by atoms with Crippen LogP contribution in [0.5, 0.6) is 0 Å². The smallest absolute Gasteiger partial charge is 0.467 e. The minimum absolute atomic E-state index is 0.0114. The molecule has 0 aliphatic heterocycles. The second-order valence-electron chi connectivity index (χ2n) is 6.84. The summed E-state index contributed by atoms with van der Waals surface area (Å²) in [6, 6.07) is 0. The van der Waals surface area contributed by atoms with Gasteiger partial charge in [-0.05, 0) is 57.3 Å². The lowest BCUT2D eigenvalue weighted by atomic mass is 9.48. The van der Waals surface area contributed by atoms with E-state index in [0.717, 1.165) is 32.1 Å². The first-order chi connectivity index (χ1) is 9.59. The molecule has 112 valence electrons. The molecule has 0 aromatic carbocycles. The Morgan fingerprint density at radius 3 is 2.55 bits per heavy atom. The fourth-order valence-corrected chi connectivity index (χ4v) is 5.19. The standard InChI is InChI=1S/C15H22O5/c1-2-19-13(17)20-15-6-11-3-12(7-15)5-14(4-11,8-15)9-18-10-16/h10-12H,2-9H2,1H3. The Labute approximate surface area is 118 Å². The van der Waals surface area contributed by atoms with Crippen LogP contribution < -0.4 is 0 Å². The van der Waals surface area contributed by atoms with Gasteiger partial charge in [-0.15, -0.1) is 0 Å². The van der Waals surface area contributed by atoms with Crippen LogP contribution >= 0.6 is 0 Å². The molecule has 4 aliphatic rings. The largest absolute Gasteiger partial charge is 0.508 e. The van der Waals surface area contributed by atoms with Gasteiger partial charge in [0.1, 0.15) is 5.60 Å². The third-order valence-electron chi connectivity index (χ3n) is 5.15. The first-order valence-corrected chi connectivity index (χ1v) is 7.50. The van der Waals surface area contributed by atoms with Crippen molar-refractivity contribution in [2.75, 3.05) is 13.2 Å². The third kappa shape index (κ3) is 2.38. The maximum absolute atomic E-state index is 11.7. The maximum Gasteiger partial charge on any atom is 0.508 e. The van der Waals surface area contributed by atoms with Crippen molar-refractivity contribution in [1.29, 1.82) is 0 Å². The summed E-state index contributed by atoms with van der Waals surface area (Å²) in [5.41, 5.74) is -0.375. The van der Waals surface area contributed by atoms with E-state index in [0.29, 0.717) is 31.5 Å². The molecule has 0 saturated heterocycles. The van der Waals surface area contributed by atoms with Crippen molar-refractivity contribution in [2.24, 2.45) is 17.3 Å². The van der Waals surface area contributed by atoms with Crippen LogP contribution in [0, 0.1) is 17.3 Å². The maximum atomic E-state index is 11.7. The summed E-state index contributed by atoms with van der Waals surface area (Å²) < 4.78 is 15.7. The van der Waals surface area contributed by atoms with Gasteiger partial charge in [-0.25, -0.2) is 4.79 Å². The zero-order valence-electron chi connectivity index (χ0n) is 11.9.